The number of aromatic nitrogens is 2. The zero-order valence-electron chi connectivity index (χ0n) is 10.6. The molecule has 1 amide bonds. The first-order valence-corrected chi connectivity index (χ1v) is 6.43. The lowest BCUT2D eigenvalue weighted by atomic mass is 10.1. The fourth-order valence-corrected chi connectivity index (χ4v) is 2.59. The van der Waals surface area contributed by atoms with Crippen LogP contribution in [0.25, 0.3) is 11.0 Å². The van der Waals surface area contributed by atoms with E-state index in [2.05, 4.69) is 15.9 Å². The van der Waals surface area contributed by atoms with Gasteiger partial charge in [0.05, 0.1) is 0 Å². The van der Waals surface area contributed by atoms with Gasteiger partial charge in [-0.2, -0.15) is 0 Å². The largest absolute Gasteiger partial charge is 0.346 e. The van der Waals surface area contributed by atoms with Gasteiger partial charge in [0, 0.05) is 43.2 Å². The summed E-state index contributed by atoms with van der Waals surface area (Å²) in [5, 5.41) is 1.13. The molecule has 4 heteroatoms. The molecule has 4 nitrogen and oxygen atoms in total. The predicted molar refractivity (Wildman–Crippen MR) is 73.3 cm³/mol. The maximum Gasteiger partial charge on any atom is 0.223 e. The Kier molecular flexibility index (Phi) is 2.96. The van der Waals surface area contributed by atoms with Crippen molar-refractivity contribution >= 4 is 16.9 Å². The van der Waals surface area contributed by atoms with Crippen LogP contribution in [0.2, 0.25) is 0 Å². The minimum absolute atomic E-state index is 0.0808. The molecule has 1 aliphatic heterocycles. The molecule has 0 aromatic carbocycles. The van der Waals surface area contributed by atoms with Gasteiger partial charge < -0.3 is 9.88 Å². The van der Waals surface area contributed by atoms with Crippen LogP contribution in [0.15, 0.2) is 24.5 Å². The number of H-pyrrole nitrogens is 1. The molecule has 0 aliphatic carbocycles. The van der Waals surface area contributed by atoms with Crippen LogP contribution < -0.4 is 0 Å². The topological polar surface area (TPSA) is 49.0 Å². The van der Waals surface area contributed by atoms with Crippen molar-refractivity contribution in [1.29, 1.82) is 0 Å². The van der Waals surface area contributed by atoms with Gasteiger partial charge in [0.15, 0.2) is 0 Å². The molecule has 1 N–H and O–H groups in total. The number of terminal acetylenes is 1. The molecule has 1 fully saturated rings. The monoisotopic (exact) mass is 253 g/mol. The molecule has 0 saturated carbocycles. The summed E-state index contributed by atoms with van der Waals surface area (Å²) in [5.74, 6) is 2.92. The Morgan fingerprint density at radius 3 is 3.21 bits per heavy atom. The van der Waals surface area contributed by atoms with Crippen LogP contribution in [0.3, 0.4) is 0 Å². The highest BCUT2D eigenvalue weighted by molar-refractivity contribution is 5.80. The highest BCUT2D eigenvalue weighted by Crippen LogP contribution is 2.19. The lowest BCUT2D eigenvalue weighted by molar-refractivity contribution is -0.127. The summed E-state index contributed by atoms with van der Waals surface area (Å²) in [7, 11) is 0. The lowest BCUT2D eigenvalue weighted by Gasteiger charge is -2.15. The molecule has 1 aliphatic rings. The molecule has 0 radical (unpaired) electrons. The first-order valence-electron chi connectivity index (χ1n) is 6.43. The number of carbonyl (C=O) groups excluding carboxylic acids is 1. The first-order chi connectivity index (χ1) is 9.28. The van der Waals surface area contributed by atoms with Gasteiger partial charge in [-0.3, -0.25) is 4.79 Å². The third kappa shape index (κ3) is 2.19. The van der Waals surface area contributed by atoms with Crippen molar-refractivity contribution in [2.24, 2.45) is 5.92 Å². The fourth-order valence-electron chi connectivity index (χ4n) is 2.59. The molecule has 2 aromatic rings. The Labute approximate surface area is 111 Å². The van der Waals surface area contributed by atoms with Crippen molar-refractivity contribution in [3.05, 3.63) is 30.1 Å². The highest BCUT2D eigenvalue weighted by atomic mass is 16.2. The van der Waals surface area contributed by atoms with Gasteiger partial charge >= 0.3 is 0 Å². The van der Waals surface area contributed by atoms with E-state index >= 15 is 0 Å². The number of amides is 1. The number of hydrogen-bond acceptors (Lipinski definition) is 2. The molecule has 19 heavy (non-hydrogen) atoms. The molecule has 0 spiro atoms. The minimum Gasteiger partial charge on any atom is -0.346 e. The summed E-state index contributed by atoms with van der Waals surface area (Å²) >= 11 is 0. The van der Waals surface area contributed by atoms with Gasteiger partial charge in [0.25, 0.3) is 0 Å². The second kappa shape index (κ2) is 4.77. The Morgan fingerprint density at radius 2 is 2.42 bits per heavy atom. The zero-order chi connectivity index (χ0) is 13.2. The van der Waals surface area contributed by atoms with Crippen molar-refractivity contribution in [1.82, 2.24) is 14.9 Å². The van der Waals surface area contributed by atoms with E-state index in [4.69, 9.17) is 6.42 Å². The number of likely N-dealkylation sites (tertiary alicyclic amines) is 1. The lowest BCUT2D eigenvalue weighted by Crippen LogP contribution is -2.27. The van der Waals surface area contributed by atoms with Crippen LogP contribution in [0.1, 0.15) is 12.0 Å². The highest BCUT2D eigenvalue weighted by Gasteiger charge is 2.27. The van der Waals surface area contributed by atoms with E-state index in [0.717, 1.165) is 24.0 Å². The van der Waals surface area contributed by atoms with Crippen LogP contribution in [-0.2, 0) is 11.2 Å². The van der Waals surface area contributed by atoms with E-state index in [1.807, 2.05) is 23.2 Å². The van der Waals surface area contributed by atoms with E-state index in [1.165, 1.54) is 5.56 Å². The third-order valence-corrected chi connectivity index (χ3v) is 3.65. The van der Waals surface area contributed by atoms with E-state index < -0.39 is 0 Å². The van der Waals surface area contributed by atoms with E-state index in [-0.39, 0.29) is 11.8 Å². The van der Waals surface area contributed by atoms with Crippen molar-refractivity contribution in [3.63, 3.8) is 0 Å². The Morgan fingerprint density at radius 1 is 1.53 bits per heavy atom. The molecule has 1 atom stereocenters. The summed E-state index contributed by atoms with van der Waals surface area (Å²) < 4.78 is 0. The molecule has 96 valence electrons. The maximum atomic E-state index is 11.8. The van der Waals surface area contributed by atoms with Crippen LogP contribution >= 0.6 is 0 Å². The molecular formula is C15H15N3O. The second-order valence-electron chi connectivity index (χ2n) is 4.87. The smallest absolute Gasteiger partial charge is 0.223 e. The number of hydrogen-bond donors (Lipinski definition) is 1. The average molecular weight is 253 g/mol. The molecular weight excluding hydrogens is 238 g/mol. The Hall–Kier alpha value is -2.28. The molecule has 3 heterocycles. The summed E-state index contributed by atoms with van der Waals surface area (Å²) in [5.41, 5.74) is 2.11. The molecule has 1 saturated heterocycles. The van der Waals surface area contributed by atoms with Crippen LogP contribution in [0.5, 0.6) is 0 Å². The van der Waals surface area contributed by atoms with Crippen molar-refractivity contribution < 1.29 is 4.79 Å². The van der Waals surface area contributed by atoms with Crippen LogP contribution in [-0.4, -0.2) is 33.9 Å². The standard InChI is InChI=1S/C15H15N3O/c1-2-11-9-14(19)18(10-11)8-5-12-3-6-16-15-13(12)4-7-17-15/h1,3-4,6-7,11H,5,8-10H2,(H,16,17). The van der Waals surface area contributed by atoms with Gasteiger partial charge in [-0.25, -0.2) is 4.98 Å². The SMILES string of the molecule is C#CC1CC(=O)N(CCc2ccnc3[nH]ccc23)C1. The number of nitrogens with zero attached hydrogens (tertiary/aromatic N) is 2. The van der Waals surface area contributed by atoms with E-state index in [0.29, 0.717) is 13.0 Å². The number of nitrogens with one attached hydrogen (secondary N) is 1. The van der Waals surface area contributed by atoms with Gasteiger partial charge in [-0.05, 0) is 24.1 Å². The third-order valence-electron chi connectivity index (χ3n) is 3.65. The van der Waals surface area contributed by atoms with Crippen molar-refractivity contribution in [3.8, 4) is 12.3 Å². The van der Waals surface area contributed by atoms with Gasteiger partial charge in [0.1, 0.15) is 5.65 Å². The summed E-state index contributed by atoms with van der Waals surface area (Å²) in [6.07, 6.45) is 10.4. The minimum atomic E-state index is 0.0808. The predicted octanol–water partition coefficient (Wildman–Crippen LogP) is 1.59. The number of pyridine rings is 1. The van der Waals surface area contributed by atoms with Gasteiger partial charge in [-0.15, -0.1) is 12.3 Å². The molecule has 2 aromatic heterocycles. The average Bonchev–Trinajstić information content (AvgIpc) is 3.02. The fraction of sp³-hybridized carbons (Fsp3) is 0.333. The Balaban J connectivity index is 1.72. The second-order valence-corrected chi connectivity index (χ2v) is 4.87. The quantitative estimate of drug-likeness (QED) is 0.844. The molecule has 0 bridgehead atoms. The first kappa shape index (κ1) is 11.8. The van der Waals surface area contributed by atoms with E-state index in [1.54, 1.807) is 6.20 Å². The Bertz CT molecular complexity index is 653. The normalized spacial score (nSPS) is 19.0. The molecule has 3 rings (SSSR count). The van der Waals surface area contributed by atoms with Crippen LogP contribution in [0, 0.1) is 18.3 Å². The number of fused-ring (bicyclic) bond motifs is 1. The van der Waals surface area contributed by atoms with Crippen molar-refractivity contribution in [2.75, 3.05) is 13.1 Å². The van der Waals surface area contributed by atoms with Gasteiger partial charge in [-0.1, -0.05) is 0 Å². The summed E-state index contributed by atoms with van der Waals surface area (Å²) in [4.78, 5) is 21.0. The zero-order valence-corrected chi connectivity index (χ0v) is 10.6. The molecule has 1 unspecified atom stereocenters. The number of rotatable bonds is 3. The maximum absolute atomic E-state index is 11.8. The summed E-state index contributed by atoms with van der Waals surface area (Å²) in [6, 6.07) is 4.03. The van der Waals surface area contributed by atoms with Crippen molar-refractivity contribution in [2.45, 2.75) is 12.8 Å². The number of aromatic amines is 1. The van der Waals surface area contributed by atoms with Crippen LogP contribution in [0.4, 0.5) is 0 Å². The van der Waals surface area contributed by atoms with Gasteiger partial charge in [0.2, 0.25) is 5.91 Å². The summed E-state index contributed by atoms with van der Waals surface area (Å²) in [6.45, 7) is 1.41. The van der Waals surface area contributed by atoms with E-state index in [9.17, 15) is 4.79 Å². The number of carbonyl (C=O) groups is 1.